The molecule has 7 aromatic heterocycles. The van der Waals surface area contributed by atoms with Crippen molar-refractivity contribution in [1.82, 2.24) is 53.2 Å². The zero-order chi connectivity index (χ0) is 93.4. The second-order valence-electron chi connectivity index (χ2n) is 36.5. The first-order valence-corrected chi connectivity index (χ1v) is 48.2. The molecule has 7 heterocycles. The van der Waals surface area contributed by atoms with Gasteiger partial charge in [0.25, 0.3) is 0 Å². The molecule has 11 nitrogen and oxygen atoms in total. The lowest BCUT2D eigenvalue weighted by Gasteiger charge is -2.13. The Hall–Kier alpha value is -19.2. The SMILES string of the molecule is c1ccc(-c2ccc(-c3nc(-n4c5ccc6ccccc6c5c5c6ccccc6ccc54)nc4ccccc34)cc2)cc1.c1ccc(-c2nc(-c3cccc(-n4c5ccc6ccccc6c5c5c6ccccc6ccc54)c3)nc(-c3ccc4ccccc4c3)n2)cc1.c1ccc(-n2c3ccccc3c3ccc(-c4nc(-n5c6ccc7ccccc7c6c6c7ccccc7ccc65)nc5ccccc45)cc32)cc1. The summed E-state index contributed by atoms with van der Waals surface area (Å²) >= 11 is 0. The molecule has 30 aromatic rings. The molecule has 0 radical (unpaired) electrons. The van der Waals surface area contributed by atoms with Gasteiger partial charge in [-0.25, -0.2) is 34.9 Å². The molecule has 0 atom stereocenters. The van der Waals surface area contributed by atoms with Gasteiger partial charge in [0.15, 0.2) is 17.5 Å². The fourth-order valence-electron chi connectivity index (χ4n) is 22.0. The number of aromatic nitrogens is 11. The van der Waals surface area contributed by atoms with Crippen LogP contribution >= 0.6 is 0 Å². The first kappa shape index (κ1) is 81.2. The van der Waals surface area contributed by atoms with Crippen LogP contribution in [0.2, 0.25) is 0 Å². The van der Waals surface area contributed by atoms with E-state index in [1.54, 1.807) is 0 Å². The average Bonchev–Trinajstić information content (AvgIpc) is 1.56. The van der Waals surface area contributed by atoms with E-state index in [9.17, 15) is 0 Å². The van der Waals surface area contributed by atoms with Crippen molar-refractivity contribution in [3.05, 3.63) is 491 Å². The minimum absolute atomic E-state index is 0.635. The van der Waals surface area contributed by atoms with Crippen molar-refractivity contribution in [2.24, 2.45) is 0 Å². The molecule has 0 spiro atoms. The lowest BCUT2D eigenvalue weighted by molar-refractivity contribution is 1.01. The van der Waals surface area contributed by atoms with E-state index < -0.39 is 0 Å². The summed E-state index contributed by atoms with van der Waals surface area (Å²) in [6.07, 6.45) is 0. The summed E-state index contributed by atoms with van der Waals surface area (Å²) in [4.78, 5) is 36.4. The molecule has 0 amide bonds. The van der Waals surface area contributed by atoms with Crippen molar-refractivity contribution in [1.29, 1.82) is 0 Å². The van der Waals surface area contributed by atoms with Crippen LogP contribution in [0.4, 0.5) is 0 Å². The molecule has 0 aliphatic carbocycles. The van der Waals surface area contributed by atoms with Gasteiger partial charge in [0.05, 0.1) is 66.6 Å². The molecule has 142 heavy (non-hydrogen) atoms. The maximum absolute atomic E-state index is 5.48. The number of nitrogens with zero attached hydrogens (tertiary/aromatic N) is 11. The Morgan fingerprint density at radius 2 is 0.430 bits per heavy atom. The van der Waals surface area contributed by atoms with Crippen molar-refractivity contribution in [3.8, 4) is 91.1 Å². The lowest BCUT2D eigenvalue weighted by atomic mass is 10.00. The van der Waals surface area contributed by atoms with Gasteiger partial charge >= 0.3 is 0 Å². The molecule has 0 unspecified atom stereocenters. The molecule has 30 rings (SSSR count). The predicted octanol–water partition coefficient (Wildman–Crippen LogP) is 33.6. The van der Waals surface area contributed by atoms with Crippen LogP contribution in [0.3, 0.4) is 0 Å². The molecule has 0 saturated heterocycles. The van der Waals surface area contributed by atoms with Gasteiger partial charge in [0.2, 0.25) is 11.9 Å². The number of para-hydroxylation sites is 4. The van der Waals surface area contributed by atoms with Gasteiger partial charge in [-0.05, 0) is 178 Å². The molecule has 660 valence electrons. The van der Waals surface area contributed by atoms with Gasteiger partial charge in [-0.15, -0.1) is 0 Å². The molecule has 11 heteroatoms. The Balaban J connectivity index is 0.000000104. The molecule has 0 aliphatic rings. The summed E-state index contributed by atoms with van der Waals surface area (Å²) in [6, 6.07) is 174. The summed E-state index contributed by atoms with van der Waals surface area (Å²) < 4.78 is 9.26. The van der Waals surface area contributed by atoms with Crippen LogP contribution in [0.5, 0.6) is 0 Å². The quantitative estimate of drug-likeness (QED) is 0.134. The summed E-state index contributed by atoms with van der Waals surface area (Å²) in [5.41, 5.74) is 22.2. The van der Waals surface area contributed by atoms with Crippen LogP contribution in [-0.4, -0.2) is 53.2 Å². The Bertz CT molecular complexity index is 10100. The van der Waals surface area contributed by atoms with Crippen LogP contribution in [0.25, 0.3) is 276 Å². The number of hydrogen-bond donors (Lipinski definition) is 0. The zero-order valence-corrected chi connectivity index (χ0v) is 76.7. The van der Waals surface area contributed by atoms with Crippen LogP contribution in [0.15, 0.2) is 491 Å². The Labute approximate surface area is 814 Å². The summed E-state index contributed by atoms with van der Waals surface area (Å²) in [7, 11) is 0. The molecule has 0 saturated carbocycles. The van der Waals surface area contributed by atoms with Crippen LogP contribution in [-0.2, 0) is 0 Å². The molecular weight excluding hydrogens is 1730 g/mol. The third-order valence-corrected chi connectivity index (χ3v) is 28.5. The number of fused-ring (bicyclic) bond motifs is 27. The van der Waals surface area contributed by atoms with Gasteiger partial charge in [0, 0.05) is 93.1 Å². The van der Waals surface area contributed by atoms with E-state index in [0.717, 1.165) is 105 Å². The first-order valence-electron chi connectivity index (χ1n) is 48.2. The highest BCUT2D eigenvalue weighted by atomic mass is 15.2. The lowest BCUT2D eigenvalue weighted by Crippen LogP contribution is -2.03. The highest BCUT2D eigenvalue weighted by molar-refractivity contribution is 6.32. The highest BCUT2D eigenvalue weighted by Crippen LogP contribution is 2.47. The van der Waals surface area contributed by atoms with Crippen LogP contribution in [0.1, 0.15) is 0 Å². The number of benzene rings is 23. The summed E-state index contributed by atoms with van der Waals surface area (Å²) in [5, 5.41) is 29.0. The highest BCUT2D eigenvalue weighted by Gasteiger charge is 2.27. The van der Waals surface area contributed by atoms with Gasteiger partial charge in [0.1, 0.15) is 0 Å². The number of hydrogen-bond acceptors (Lipinski definition) is 7. The molecular formula is C131H81N11. The monoisotopic (exact) mass is 1810 g/mol. The predicted molar refractivity (Wildman–Crippen MR) is 591 cm³/mol. The van der Waals surface area contributed by atoms with Crippen molar-refractivity contribution in [2.45, 2.75) is 0 Å². The maximum Gasteiger partial charge on any atom is 0.235 e. The van der Waals surface area contributed by atoms with E-state index in [2.05, 4.69) is 467 Å². The average molecular weight is 1810 g/mol. The minimum atomic E-state index is 0.635. The normalized spacial score (nSPS) is 11.8. The Kier molecular flexibility index (Phi) is 19.1. The van der Waals surface area contributed by atoms with Crippen molar-refractivity contribution in [2.75, 3.05) is 0 Å². The topological polar surface area (TPSA) is 110 Å². The fraction of sp³-hybridized carbons (Fsp3) is 0. The summed E-state index contributed by atoms with van der Waals surface area (Å²) in [6.45, 7) is 0. The Morgan fingerprint density at radius 3 is 0.887 bits per heavy atom. The zero-order valence-electron chi connectivity index (χ0n) is 76.7. The van der Waals surface area contributed by atoms with E-state index in [0.29, 0.717) is 29.4 Å². The van der Waals surface area contributed by atoms with Crippen molar-refractivity contribution >= 4 is 184 Å². The van der Waals surface area contributed by atoms with E-state index in [-0.39, 0.29) is 0 Å². The van der Waals surface area contributed by atoms with E-state index in [1.807, 2.05) is 42.5 Å². The van der Waals surface area contributed by atoms with Gasteiger partial charge in [-0.2, -0.15) is 0 Å². The first-order chi connectivity index (χ1) is 70.4. The minimum Gasteiger partial charge on any atom is -0.309 e. The Morgan fingerprint density at radius 1 is 0.134 bits per heavy atom. The fourth-order valence-corrected chi connectivity index (χ4v) is 22.0. The largest absolute Gasteiger partial charge is 0.309 e. The third-order valence-electron chi connectivity index (χ3n) is 28.5. The standard InChI is InChI=1S/C46H28N4.C45H28N4.C40H25N3/c1-2-14-32(15-3-1)49-39-21-11-9-18-35(39)36-25-22-31(28-42(36)49)45-37-19-8-10-20-38(37)47-46(48-45)50-40-26-23-29-12-4-6-16-33(29)43(40)44-34-17-7-5-13-30(34)24-27-41(44)50;1-2-14-32(15-3-1)43-46-44(48-45(47-43)35-22-21-29-11-4-5-16-33(29)27-35)34-17-10-18-36(28-34)49-39-25-23-30-12-6-8-19-37(30)41(39)42-38-20-9-7-13-31(38)24-26-40(42)49;1-2-10-26(11-3-1)27-18-20-30(21-19-27)39-33-16-8-9-17-34(33)41-40(42-39)43-35-24-22-28-12-4-6-14-31(28)37(35)38-32-15-7-5-13-29(32)23-25-36(38)43/h1-28H;1-28H;1-25H. The maximum atomic E-state index is 5.48. The second kappa shape index (κ2) is 33.4. The van der Waals surface area contributed by atoms with Gasteiger partial charge in [-0.1, -0.05) is 400 Å². The molecule has 0 bridgehead atoms. The van der Waals surface area contributed by atoms with Crippen LogP contribution in [0, 0.1) is 0 Å². The smallest absolute Gasteiger partial charge is 0.235 e. The van der Waals surface area contributed by atoms with E-state index in [1.165, 1.54) is 141 Å². The summed E-state index contributed by atoms with van der Waals surface area (Å²) in [5.74, 6) is 3.26. The molecule has 23 aromatic carbocycles. The van der Waals surface area contributed by atoms with E-state index in [4.69, 9.17) is 34.9 Å². The molecule has 0 fully saturated rings. The van der Waals surface area contributed by atoms with Gasteiger partial charge < -0.3 is 9.13 Å². The van der Waals surface area contributed by atoms with Crippen molar-refractivity contribution < 1.29 is 0 Å². The third kappa shape index (κ3) is 13.5. The van der Waals surface area contributed by atoms with Crippen molar-refractivity contribution in [3.63, 3.8) is 0 Å². The number of rotatable bonds is 10. The molecule has 0 aliphatic heterocycles. The van der Waals surface area contributed by atoms with E-state index >= 15 is 0 Å². The van der Waals surface area contributed by atoms with Gasteiger partial charge in [-0.3, -0.25) is 9.13 Å². The second-order valence-corrected chi connectivity index (χ2v) is 36.5. The van der Waals surface area contributed by atoms with Crippen LogP contribution < -0.4 is 0 Å². The molecule has 0 N–H and O–H groups in total.